The van der Waals surface area contributed by atoms with Gasteiger partial charge in [-0.3, -0.25) is 0 Å². The second kappa shape index (κ2) is 5.94. The number of urea groups is 1. The summed E-state index contributed by atoms with van der Waals surface area (Å²) in [5.41, 5.74) is 0.511. The van der Waals surface area contributed by atoms with E-state index in [9.17, 15) is 9.59 Å². The molecule has 5 nitrogen and oxygen atoms in total. The van der Waals surface area contributed by atoms with Gasteiger partial charge in [0, 0.05) is 12.7 Å². The smallest absolute Gasteiger partial charge is 0.329 e. The van der Waals surface area contributed by atoms with Crippen LogP contribution in [0, 0.1) is 0 Å². The summed E-state index contributed by atoms with van der Waals surface area (Å²) in [4.78, 5) is 24.4. The van der Waals surface area contributed by atoms with Gasteiger partial charge in [-0.1, -0.05) is 26.0 Å². The van der Waals surface area contributed by atoms with Gasteiger partial charge in [0.2, 0.25) is 0 Å². The number of benzene rings is 1. The molecule has 0 aliphatic heterocycles. The van der Waals surface area contributed by atoms with Crippen molar-refractivity contribution in [3.8, 4) is 0 Å². The molecule has 1 rings (SSSR count). The molecule has 0 aliphatic carbocycles. The number of hydrogen-bond acceptors (Lipinski definition) is 2. The van der Waals surface area contributed by atoms with Crippen LogP contribution in [0.4, 0.5) is 10.5 Å². The first-order valence-corrected chi connectivity index (χ1v) is 6.54. The number of carbonyl (C=O) groups excluding carboxylic acids is 1. The zero-order chi connectivity index (χ0) is 15.5. The highest BCUT2D eigenvalue weighted by atomic mass is 16.4. The first kappa shape index (κ1) is 16.0. The second-order valence-corrected chi connectivity index (χ2v) is 5.63. The van der Waals surface area contributed by atoms with Gasteiger partial charge < -0.3 is 15.3 Å². The van der Waals surface area contributed by atoms with Crippen LogP contribution in [0.15, 0.2) is 24.3 Å². The van der Waals surface area contributed by atoms with Gasteiger partial charge in [0.1, 0.15) is 5.54 Å². The fourth-order valence-corrected chi connectivity index (χ4v) is 1.58. The third kappa shape index (κ3) is 3.50. The third-order valence-corrected chi connectivity index (χ3v) is 3.47. The van der Waals surface area contributed by atoms with Crippen molar-refractivity contribution in [2.75, 3.05) is 12.4 Å². The fraction of sp³-hybridized carbons (Fsp3) is 0.467. The van der Waals surface area contributed by atoms with E-state index in [2.05, 4.69) is 19.2 Å². The van der Waals surface area contributed by atoms with Crippen LogP contribution in [-0.2, 0) is 4.79 Å². The van der Waals surface area contributed by atoms with Gasteiger partial charge in [0.15, 0.2) is 0 Å². The van der Waals surface area contributed by atoms with E-state index >= 15 is 0 Å². The molecule has 0 saturated carbocycles. The van der Waals surface area contributed by atoms with Crippen LogP contribution in [0.1, 0.15) is 39.2 Å². The molecule has 1 aromatic carbocycles. The van der Waals surface area contributed by atoms with Crippen LogP contribution in [0.5, 0.6) is 0 Å². The summed E-state index contributed by atoms with van der Waals surface area (Å²) < 4.78 is 0. The van der Waals surface area contributed by atoms with Crippen LogP contribution in [0.25, 0.3) is 0 Å². The molecule has 0 unspecified atom stereocenters. The zero-order valence-corrected chi connectivity index (χ0v) is 12.6. The standard InChI is InChI=1S/C15H22N2O3/c1-10(2)11-7-6-8-12(9-11)16-14(20)17(5)15(3,4)13(18)19/h6-10H,1-5H3,(H,16,20)(H,18,19). The number of carboxylic acids is 1. The molecule has 110 valence electrons. The van der Waals surface area contributed by atoms with E-state index in [-0.39, 0.29) is 0 Å². The summed E-state index contributed by atoms with van der Waals surface area (Å²) in [6.45, 7) is 7.11. The zero-order valence-electron chi connectivity index (χ0n) is 12.6. The average molecular weight is 278 g/mol. The molecule has 0 aromatic heterocycles. The number of amides is 2. The molecular formula is C15H22N2O3. The Balaban J connectivity index is 2.86. The van der Waals surface area contributed by atoms with E-state index in [1.807, 2.05) is 18.2 Å². The van der Waals surface area contributed by atoms with E-state index in [4.69, 9.17) is 5.11 Å². The van der Waals surface area contributed by atoms with Crippen molar-refractivity contribution >= 4 is 17.7 Å². The van der Waals surface area contributed by atoms with Crippen molar-refractivity contribution in [3.05, 3.63) is 29.8 Å². The number of carboxylic acid groups (broad SMARTS) is 1. The monoisotopic (exact) mass is 278 g/mol. The fourth-order valence-electron chi connectivity index (χ4n) is 1.58. The van der Waals surface area contributed by atoms with Crippen molar-refractivity contribution in [2.24, 2.45) is 0 Å². The van der Waals surface area contributed by atoms with Crippen molar-refractivity contribution in [1.29, 1.82) is 0 Å². The van der Waals surface area contributed by atoms with Gasteiger partial charge in [0.05, 0.1) is 0 Å². The Morgan fingerprint density at radius 3 is 2.40 bits per heavy atom. The minimum absolute atomic E-state index is 0.361. The topological polar surface area (TPSA) is 69.6 Å². The van der Waals surface area contributed by atoms with E-state index in [1.165, 1.54) is 25.8 Å². The average Bonchev–Trinajstić information content (AvgIpc) is 2.37. The van der Waals surface area contributed by atoms with E-state index in [1.54, 1.807) is 6.07 Å². The largest absolute Gasteiger partial charge is 0.480 e. The lowest BCUT2D eigenvalue weighted by molar-refractivity contribution is -0.146. The summed E-state index contributed by atoms with van der Waals surface area (Å²) in [6.07, 6.45) is 0. The lowest BCUT2D eigenvalue weighted by Crippen LogP contribution is -2.52. The lowest BCUT2D eigenvalue weighted by atomic mass is 10.0. The number of aliphatic carboxylic acids is 1. The van der Waals surface area contributed by atoms with Gasteiger partial charge in [-0.15, -0.1) is 0 Å². The normalized spacial score (nSPS) is 11.3. The number of anilines is 1. The maximum absolute atomic E-state index is 12.1. The summed E-state index contributed by atoms with van der Waals surface area (Å²) in [7, 11) is 1.47. The SMILES string of the molecule is CC(C)c1cccc(NC(=O)N(C)C(C)(C)C(=O)O)c1. The molecular weight excluding hydrogens is 256 g/mol. The summed E-state index contributed by atoms with van der Waals surface area (Å²) in [5, 5.41) is 11.8. The van der Waals surface area contributed by atoms with Crippen LogP contribution in [-0.4, -0.2) is 34.6 Å². The third-order valence-electron chi connectivity index (χ3n) is 3.47. The second-order valence-electron chi connectivity index (χ2n) is 5.63. The van der Waals surface area contributed by atoms with Gasteiger partial charge in [-0.25, -0.2) is 9.59 Å². The lowest BCUT2D eigenvalue weighted by Gasteiger charge is -2.31. The Bertz CT molecular complexity index is 510. The van der Waals surface area contributed by atoms with Gasteiger partial charge in [-0.05, 0) is 37.5 Å². The molecule has 0 saturated heterocycles. The van der Waals surface area contributed by atoms with E-state index in [0.29, 0.717) is 11.6 Å². The molecule has 0 bridgehead atoms. The van der Waals surface area contributed by atoms with Crippen molar-refractivity contribution < 1.29 is 14.7 Å². The predicted octanol–water partition coefficient (Wildman–Crippen LogP) is 3.14. The first-order chi connectivity index (χ1) is 9.16. The summed E-state index contributed by atoms with van der Waals surface area (Å²) in [6, 6.07) is 7.09. The maximum atomic E-state index is 12.1. The van der Waals surface area contributed by atoms with E-state index in [0.717, 1.165) is 5.56 Å². The number of likely N-dealkylation sites (N-methyl/N-ethyl adjacent to an activating group) is 1. The molecule has 0 spiro atoms. The number of nitrogens with one attached hydrogen (secondary N) is 1. The molecule has 0 radical (unpaired) electrons. The number of rotatable bonds is 4. The molecule has 0 fully saturated rings. The Hall–Kier alpha value is -2.04. The molecule has 0 aliphatic rings. The Morgan fingerprint density at radius 1 is 1.30 bits per heavy atom. The molecule has 5 heteroatoms. The molecule has 0 atom stereocenters. The van der Waals surface area contributed by atoms with Gasteiger partial charge >= 0.3 is 12.0 Å². The van der Waals surface area contributed by atoms with E-state index < -0.39 is 17.5 Å². The summed E-state index contributed by atoms with van der Waals surface area (Å²) in [5.74, 6) is -0.689. The van der Waals surface area contributed by atoms with Gasteiger partial charge in [-0.2, -0.15) is 0 Å². The molecule has 1 aromatic rings. The number of carbonyl (C=O) groups is 2. The maximum Gasteiger partial charge on any atom is 0.329 e. The van der Waals surface area contributed by atoms with Crippen molar-refractivity contribution in [3.63, 3.8) is 0 Å². The van der Waals surface area contributed by atoms with Crippen LogP contribution in [0.2, 0.25) is 0 Å². The van der Waals surface area contributed by atoms with Crippen molar-refractivity contribution in [2.45, 2.75) is 39.2 Å². The van der Waals surface area contributed by atoms with Crippen LogP contribution in [0.3, 0.4) is 0 Å². The first-order valence-electron chi connectivity index (χ1n) is 6.54. The van der Waals surface area contributed by atoms with Crippen LogP contribution >= 0.6 is 0 Å². The Kier molecular flexibility index (Phi) is 4.76. The quantitative estimate of drug-likeness (QED) is 0.889. The van der Waals surface area contributed by atoms with Crippen molar-refractivity contribution in [1.82, 2.24) is 4.90 Å². The Labute approximate surface area is 119 Å². The predicted molar refractivity (Wildman–Crippen MR) is 79.0 cm³/mol. The minimum atomic E-state index is -1.26. The minimum Gasteiger partial charge on any atom is -0.480 e. The highest BCUT2D eigenvalue weighted by Gasteiger charge is 2.35. The Morgan fingerprint density at radius 2 is 1.90 bits per heavy atom. The number of nitrogens with zero attached hydrogens (tertiary/aromatic N) is 1. The molecule has 0 heterocycles. The highest BCUT2D eigenvalue weighted by Crippen LogP contribution is 2.20. The highest BCUT2D eigenvalue weighted by molar-refractivity contribution is 5.93. The summed E-state index contributed by atoms with van der Waals surface area (Å²) >= 11 is 0. The molecule has 20 heavy (non-hydrogen) atoms. The molecule has 2 N–H and O–H groups in total. The molecule has 2 amide bonds. The van der Waals surface area contributed by atoms with Gasteiger partial charge in [0.25, 0.3) is 0 Å². The van der Waals surface area contributed by atoms with Crippen LogP contribution < -0.4 is 5.32 Å². The number of hydrogen-bond donors (Lipinski definition) is 2.